The van der Waals surface area contributed by atoms with Crippen molar-refractivity contribution in [2.45, 2.75) is 26.7 Å². The molecule has 0 atom stereocenters. The van der Waals surface area contributed by atoms with Gasteiger partial charge in [-0.05, 0) is 19.8 Å². The minimum atomic E-state index is -0.427. The first-order valence-corrected chi connectivity index (χ1v) is 7.25. The Labute approximate surface area is 125 Å². The Morgan fingerprint density at radius 1 is 1.19 bits per heavy atom. The van der Waals surface area contributed by atoms with Crippen LogP contribution in [0.1, 0.15) is 26.7 Å². The fourth-order valence-electron chi connectivity index (χ4n) is 2.16. The van der Waals surface area contributed by atoms with Gasteiger partial charge in [-0.2, -0.15) is 0 Å². The van der Waals surface area contributed by atoms with Gasteiger partial charge in [-0.15, -0.1) is 0 Å². The number of likely N-dealkylation sites (tertiary alicyclic amines) is 1. The van der Waals surface area contributed by atoms with Crippen LogP contribution in [0.5, 0.6) is 0 Å². The number of hydrogen-bond donors (Lipinski definition) is 0. The molecule has 120 valence electrons. The summed E-state index contributed by atoms with van der Waals surface area (Å²) in [5, 5.41) is 0. The third-order valence-corrected chi connectivity index (χ3v) is 3.52. The molecular weight excluding hydrogens is 276 g/mol. The molecule has 2 amide bonds. The number of esters is 1. The van der Waals surface area contributed by atoms with Crippen LogP contribution in [0, 0.1) is 5.92 Å². The highest BCUT2D eigenvalue weighted by Gasteiger charge is 2.27. The summed E-state index contributed by atoms with van der Waals surface area (Å²) >= 11 is 0. The molecule has 1 aliphatic rings. The normalized spacial score (nSPS) is 15.5. The third-order valence-electron chi connectivity index (χ3n) is 3.52. The Kier molecular flexibility index (Phi) is 6.98. The molecule has 7 heteroatoms. The van der Waals surface area contributed by atoms with E-state index in [4.69, 9.17) is 9.47 Å². The van der Waals surface area contributed by atoms with Gasteiger partial charge in [0.25, 0.3) is 0 Å². The predicted octanol–water partition coefficient (Wildman–Crippen LogP) is 0.876. The molecule has 0 saturated carbocycles. The lowest BCUT2D eigenvalue weighted by atomic mass is 9.97. The second-order valence-electron chi connectivity index (χ2n) is 5.07. The van der Waals surface area contributed by atoms with E-state index in [0.29, 0.717) is 39.1 Å². The summed E-state index contributed by atoms with van der Waals surface area (Å²) in [5.41, 5.74) is 0. The van der Waals surface area contributed by atoms with Crippen molar-refractivity contribution in [1.82, 2.24) is 9.80 Å². The molecule has 0 N–H and O–H groups in total. The van der Waals surface area contributed by atoms with Gasteiger partial charge in [0.1, 0.15) is 6.61 Å². The Balaban J connectivity index is 2.23. The van der Waals surface area contributed by atoms with E-state index >= 15 is 0 Å². The lowest BCUT2D eigenvalue weighted by molar-refractivity contribution is -0.151. The molecule has 0 aromatic rings. The topological polar surface area (TPSA) is 76.2 Å². The molecule has 1 rings (SSSR count). The number of ether oxygens (including phenoxy) is 2. The number of hydrogen-bond acceptors (Lipinski definition) is 5. The standard InChI is InChI=1S/C14H24N2O5/c1-4-20-14(19)15(3)9-10-21-13(18)12-5-7-16(8-6-12)11(2)17/h12H,4-10H2,1-3H3. The number of likely N-dealkylation sites (N-methyl/N-ethyl adjacent to an activating group) is 1. The molecule has 0 radical (unpaired) electrons. The molecule has 1 aliphatic heterocycles. The molecule has 1 fully saturated rings. The second kappa shape index (κ2) is 8.49. The van der Waals surface area contributed by atoms with Crippen molar-refractivity contribution in [2.75, 3.05) is 39.9 Å². The van der Waals surface area contributed by atoms with Gasteiger partial charge in [-0.3, -0.25) is 9.59 Å². The van der Waals surface area contributed by atoms with Crippen molar-refractivity contribution >= 4 is 18.0 Å². The summed E-state index contributed by atoms with van der Waals surface area (Å²) in [6.45, 7) is 5.23. The van der Waals surface area contributed by atoms with E-state index in [1.165, 1.54) is 11.8 Å². The van der Waals surface area contributed by atoms with Crippen LogP contribution in [0.15, 0.2) is 0 Å². The van der Waals surface area contributed by atoms with E-state index in [0.717, 1.165) is 0 Å². The zero-order valence-electron chi connectivity index (χ0n) is 13.0. The molecule has 7 nitrogen and oxygen atoms in total. The monoisotopic (exact) mass is 300 g/mol. The molecule has 0 aromatic carbocycles. The van der Waals surface area contributed by atoms with E-state index in [2.05, 4.69) is 0 Å². The lowest BCUT2D eigenvalue weighted by Crippen LogP contribution is -2.40. The molecular formula is C14H24N2O5. The van der Waals surface area contributed by atoms with Gasteiger partial charge in [0.2, 0.25) is 5.91 Å². The average Bonchev–Trinajstić information content (AvgIpc) is 2.47. The highest BCUT2D eigenvalue weighted by Crippen LogP contribution is 2.18. The zero-order valence-corrected chi connectivity index (χ0v) is 13.0. The van der Waals surface area contributed by atoms with Crippen LogP contribution in [-0.4, -0.2) is 67.7 Å². The van der Waals surface area contributed by atoms with Crippen molar-refractivity contribution < 1.29 is 23.9 Å². The second-order valence-corrected chi connectivity index (χ2v) is 5.07. The number of amides is 2. The minimum Gasteiger partial charge on any atom is -0.464 e. The first-order valence-electron chi connectivity index (χ1n) is 7.25. The molecule has 1 heterocycles. The molecule has 0 unspecified atom stereocenters. The largest absolute Gasteiger partial charge is 0.464 e. The summed E-state index contributed by atoms with van der Waals surface area (Å²) in [5.74, 6) is -0.373. The summed E-state index contributed by atoms with van der Waals surface area (Å²) in [6.07, 6.45) is 0.835. The summed E-state index contributed by atoms with van der Waals surface area (Å²) in [7, 11) is 1.59. The minimum absolute atomic E-state index is 0.0397. The van der Waals surface area contributed by atoms with E-state index in [9.17, 15) is 14.4 Å². The highest BCUT2D eigenvalue weighted by atomic mass is 16.6. The quantitative estimate of drug-likeness (QED) is 0.704. The van der Waals surface area contributed by atoms with Crippen LogP contribution in [-0.2, 0) is 19.1 Å². The molecule has 21 heavy (non-hydrogen) atoms. The fraction of sp³-hybridized carbons (Fsp3) is 0.786. The zero-order chi connectivity index (χ0) is 15.8. The van der Waals surface area contributed by atoms with Crippen LogP contribution >= 0.6 is 0 Å². The number of nitrogens with zero attached hydrogens (tertiary/aromatic N) is 2. The Hall–Kier alpha value is -1.79. The van der Waals surface area contributed by atoms with Crippen molar-refractivity contribution in [3.63, 3.8) is 0 Å². The Morgan fingerprint density at radius 2 is 1.81 bits per heavy atom. The van der Waals surface area contributed by atoms with E-state index in [1.54, 1.807) is 18.9 Å². The van der Waals surface area contributed by atoms with Crippen LogP contribution in [0.25, 0.3) is 0 Å². The maximum Gasteiger partial charge on any atom is 0.409 e. The highest BCUT2D eigenvalue weighted by molar-refractivity contribution is 5.75. The van der Waals surface area contributed by atoms with Gasteiger partial charge in [0.05, 0.1) is 19.1 Å². The molecule has 1 saturated heterocycles. The van der Waals surface area contributed by atoms with Gasteiger partial charge < -0.3 is 19.3 Å². The van der Waals surface area contributed by atoms with E-state index in [-0.39, 0.29) is 24.4 Å². The van der Waals surface area contributed by atoms with Gasteiger partial charge in [-0.25, -0.2) is 4.79 Å². The molecule has 0 bridgehead atoms. The molecule has 0 spiro atoms. The van der Waals surface area contributed by atoms with Crippen LogP contribution in [0.2, 0.25) is 0 Å². The van der Waals surface area contributed by atoms with Gasteiger partial charge in [-0.1, -0.05) is 0 Å². The average molecular weight is 300 g/mol. The lowest BCUT2D eigenvalue weighted by Gasteiger charge is -2.30. The third kappa shape index (κ3) is 5.61. The van der Waals surface area contributed by atoms with Gasteiger partial charge in [0.15, 0.2) is 0 Å². The van der Waals surface area contributed by atoms with Crippen LogP contribution < -0.4 is 0 Å². The number of carbonyl (C=O) groups excluding carboxylic acids is 3. The first-order chi connectivity index (χ1) is 9.95. The van der Waals surface area contributed by atoms with Crippen molar-refractivity contribution in [3.05, 3.63) is 0 Å². The molecule has 0 aromatic heterocycles. The van der Waals surface area contributed by atoms with Crippen LogP contribution in [0.3, 0.4) is 0 Å². The van der Waals surface area contributed by atoms with Gasteiger partial charge >= 0.3 is 12.1 Å². The van der Waals surface area contributed by atoms with E-state index in [1.807, 2.05) is 0 Å². The maximum absolute atomic E-state index is 11.9. The number of carbonyl (C=O) groups is 3. The smallest absolute Gasteiger partial charge is 0.409 e. The fourth-order valence-corrected chi connectivity index (χ4v) is 2.16. The SMILES string of the molecule is CCOC(=O)N(C)CCOC(=O)C1CCN(C(C)=O)CC1. The summed E-state index contributed by atoms with van der Waals surface area (Å²) in [6, 6.07) is 0. The first kappa shape index (κ1) is 17.3. The summed E-state index contributed by atoms with van der Waals surface area (Å²) < 4.78 is 10.0. The Morgan fingerprint density at radius 3 is 2.33 bits per heavy atom. The maximum atomic E-state index is 11.9. The number of piperidine rings is 1. The predicted molar refractivity (Wildman–Crippen MR) is 75.6 cm³/mol. The van der Waals surface area contributed by atoms with E-state index < -0.39 is 6.09 Å². The van der Waals surface area contributed by atoms with Gasteiger partial charge in [0, 0.05) is 27.1 Å². The van der Waals surface area contributed by atoms with Crippen molar-refractivity contribution in [2.24, 2.45) is 5.92 Å². The van der Waals surface area contributed by atoms with Crippen molar-refractivity contribution in [3.8, 4) is 0 Å². The molecule has 0 aliphatic carbocycles. The Bertz CT molecular complexity index is 378. The van der Waals surface area contributed by atoms with Crippen molar-refractivity contribution in [1.29, 1.82) is 0 Å². The number of rotatable bonds is 5. The van der Waals surface area contributed by atoms with Crippen LogP contribution in [0.4, 0.5) is 4.79 Å². The summed E-state index contributed by atoms with van der Waals surface area (Å²) in [4.78, 5) is 37.5.